The van der Waals surface area contributed by atoms with Crippen LogP contribution in [0.3, 0.4) is 0 Å². The first-order valence-electron chi connectivity index (χ1n) is 7.67. The molecule has 0 heterocycles. The minimum atomic E-state index is 0.573. The van der Waals surface area contributed by atoms with Gasteiger partial charge in [0.15, 0.2) is 0 Å². The molecule has 1 saturated carbocycles. The average molecular weight is 261 g/mol. The maximum Gasteiger partial charge on any atom is 0.122 e. The molecule has 1 fully saturated rings. The van der Waals surface area contributed by atoms with Crippen LogP contribution < -0.4 is 10.1 Å². The summed E-state index contributed by atoms with van der Waals surface area (Å²) in [6.07, 6.45) is 3.98. The van der Waals surface area contributed by atoms with E-state index in [4.69, 9.17) is 4.74 Å². The van der Waals surface area contributed by atoms with E-state index in [1.165, 1.54) is 24.8 Å². The van der Waals surface area contributed by atoms with E-state index in [1.807, 2.05) is 0 Å². The van der Waals surface area contributed by atoms with Crippen molar-refractivity contribution < 1.29 is 4.74 Å². The number of hydrogen-bond acceptors (Lipinski definition) is 2. The largest absolute Gasteiger partial charge is 0.494 e. The highest BCUT2D eigenvalue weighted by Crippen LogP contribution is 2.42. The summed E-state index contributed by atoms with van der Waals surface area (Å²) in [4.78, 5) is 0. The summed E-state index contributed by atoms with van der Waals surface area (Å²) in [5.41, 5.74) is 1.41. The molecule has 0 aromatic heterocycles. The molecule has 2 rings (SSSR count). The van der Waals surface area contributed by atoms with Gasteiger partial charge in [0.1, 0.15) is 5.75 Å². The highest BCUT2D eigenvalue weighted by Gasteiger charge is 2.30. The number of rotatable bonds is 6. The van der Waals surface area contributed by atoms with Crippen molar-refractivity contribution in [3.05, 3.63) is 29.8 Å². The van der Waals surface area contributed by atoms with Crippen LogP contribution >= 0.6 is 0 Å². The van der Waals surface area contributed by atoms with E-state index in [0.717, 1.165) is 24.8 Å². The predicted molar refractivity (Wildman–Crippen MR) is 80.8 cm³/mol. The fourth-order valence-corrected chi connectivity index (χ4v) is 3.15. The van der Waals surface area contributed by atoms with Gasteiger partial charge in [0, 0.05) is 6.04 Å². The third kappa shape index (κ3) is 3.73. The molecule has 1 aliphatic carbocycles. The van der Waals surface area contributed by atoms with Crippen LogP contribution in [0.4, 0.5) is 0 Å². The van der Waals surface area contributed by atoms with Crippen molar-refractivity contribution in [3.63, 3.8) is 0 Å². The normalized spacial score (nSPS) is 22.9. The second kappa shape index (κ2) is 6.95. The molecule has 2 heteroatoms. The Hall–Kier alpha value is -1.02. The number of benzene rings is 1. The molecule has 106 valence electrons. The summed E-state index contributed by atoms with van der Waals surface area (Å²) >= 11 is 0. The maximum atomic E-state index is 5.80. The van der Waals surface area contributed by atoms with Crippen molar-refractivity contribution in [1.82, 2.24) is 5.32 Å². The first kappa shape index (κ1) is 14.4. The Labute approximate surface area is 117 Å². The lowest BCUT2D eigenvalue weighted by Crippen LogP contribution is -2.30. The van der Waals surface area contributed by atoms with Crippen molar-refractivity contribution in [2.24, 2.45) is 5.92 Å². The first-order valence-corrected chi connectivity index (χ1v) is 7.67. The lowest BCUT2D eigenvalue weighted by molar-refractivity contribution is 0.328. The van der Waals surface area contributed by atoms with E-state index in [9.17, 15) is 0 Å². The second-order valence-corrected chi connectivity index (χ2v) is 5.83. The van der Waals surface area contributed by atoms with E-state index >= 15 is 0 Å². The van der Waals surface area contributed by atoms with E-state index < -0.39 is 0 Å². The zero-order valence-electron chi connectivity index (χ0n) is 12.5. The number of hydrogen-bond donors (Lipinski definition) is 1. The summed E-state index contributed by atoms with van der Waals surface area (Å²) in [6, 6.07) is 9.16. The van der Waals surface area contributed by atoms with Crippen LogP contribution in [0.1, 0.15) is 51.5 Å². The van der Waals surface area contributed by atoms with E-state index in [1.54, 1.807) is 0 Å². The van der Waals surface area contributed by atoms with Crippen molar-refractivity contribution >= 4 is 0 Å². The van der Waals surface area contributed by atoms with Crippen LogP contribution in [-0.4, -0.2) is 19.2 Å². The molecular formula is C17H27NO. The standard InChI is InChI=1S/C17H27NO/c1-4-19-17-11-6-5-9-16(17)15-10-7-8-14(15)12-18-13(2)3/h5-6,9,11,13-15,18H,4,7-8,10,12H2,1-3H3. The van der Waals surface area contributed by atoms with Gasteiger partial charge < -0.3 is 10.1 Å². The van der Waals surface area contributed by atoms with Gasteiger partial charge in [0.05, 0.1) is 6.61 Å². The van der Waals surface area contributed by atoms with Gasteiger partial charge in [-0.1, -0.05) is 38.5 Å². The van der Waals surface area contributed by atoms with Gasteiger partial charge in [-0.25, -0.2) is 0 Å². The van der Waals surface area contributed by atoms with Crippen molar-refractivity contribution in [3.8, 4) is 5.75 Å². The van der Waals surface area contributed by atoms with Gasteiger partial charge in [-0.3, -0.25) is 0 Å². The van der Waals surface area contributed by atoms with Crippen molar-refractivity contribution in [2.75, 3.05) is 13.2 Å². The van der Waals surface area contributed by atoms with Crippen molar-refractivity contribution in [2.45, 2.75) is 52.0 Å². The van der Waals surface area contributed by atoms with E-state index in [0.29, 0.717) is 12.0 Å². The lowest BCUT2D eigenvalue weighted by Gasteiger charge is -2.23. The van der Waals surface area contributed by atoms with Crippen LogP contribution in [0.2, 0.25) is 0 Å². The van der Waals surface area contributed by atoms with Gasteiger partial charge in [-0.2, -0.15) is 0 Å². The Morgan fingerprint density at radius 3 is 2.79 bits per heavy atom. The molecule has 1 N–H and O–H groups in total. The molecule has 0 amide bonds. The van der Waals surface area contributed by atoms with Gasteiger partial charge in [-0.05, 0) is 49.8 Å². The highest BCUT2D eigenvalue weighted by molar-refractivity contribution is 5.37. The Kier molecular flexibility index (Phi) is 5.26. The van der Waals surface area contributed by atoms with Gasteiger partial charge in [-0.15, -0.1) is 0 Å². The fraction of sp³-hybridized carbons (Fsp3) is 0.647. The Morgan fingerprint density at radius 1 is 1.26 bits per heavy atom. The summed E-state index contributed by atoms with van der Waals surface area (Å²) in [5.74, 6) is 2.50. The molecule has 0 radical (unpaired) electrons. The molecular weight excluding hydrogens is 234 g/mol. The summed E-state index contributed by atoms with van der Waals surface area (Å²) in [5, 5.41) is 3.60. The van der Waals surface area contributed by atoms with Gasteiger partial charge in [0.2, 0.25) is 0 Å². The smallest absolute Gasteiger partial charge is 0.122 e. The SMILES string of the molecule is CCOc1ccccc1C1CCCC1CNC(C)C. The predicted octanol–water partition coefficient (Wildman–Crippen LogP) is 3.97. The van der Waals surface area contributed by atoms with Crippen LogP contribution in [0.25, 0.3) is 0 Å². The molecule has 0 aliphatic heterocycles. The van der Waals surface area contributed by atoms with E-state index in [-0.39, 0.29) is 0 Å². The second-order valence-electron chi connectivity index (χ2n) is 5.83. The molecule has 0 bridgehead atoms. The zero-order valence-corrected chi connectivity index (χ0v) is 12.5. The highest BCUT2D eigenvalue weighted by atomic mass is 16.5. The number of nitrogens with one attached hydrogen (secondary N) is 1. The molecule has 0 saturated heterocycles. The van der Waals surface area contributed by atoms with Crippen LogP contribution in [0.5, 0.6) is 5.75 Å². The molecule has 1 aromatic rings. The Bertz CT molecular complexity index is 389. The minimum Gasteiger partial charge on any atom is -0.494 e. The number of ether oxygens (including phenoxy) is 1. The quantitative estimate of drug-likeness (QED) is 0.836. The fourth-order valence-electron chi connectivity index (χ4n) is 3.15. The van der Waals surface area contributed by atoms with E-state index in [2.05, 4.69) is 50.4 Å². The first-order chi connectivity index (χ1) is 9.22. The van der Waals surface area contributed by atoms with Crippen molar-refractivity contribution in [1.29, 1.82) is 0 Å². The Morgan fingerprint density at radius 2 is 2.05 bits per heavy atom. The Balaban J connectivity index is 2.10. The molecule has 2 nitrogen and oxygen atoms in total. The third-order valence-corrected chi connectivity index (χ3v) is 4.07. The third-order valence-electron chi connectivity index (χ3n) is 4.07. The lowest BCUT2D eigenvalue weighted by atomic mass is 9.88. The monoisotopic (exact) mass is 261 g/mol. The summed E-state index contributed by atoms with van der Waals surface area (Å²) in [7, 11) is 0. The summed E-state index contributed by atoms with van der Waals surface area (Å²) in [6.45, 7) is 8.38. The number of para-hydroxylation sites is 1. The van der Waals surface area contributed by atoms with Gasteiger partial charge >= 0.3 is 0 Å². The molecule has 2 unspecified atom stereocenters. The zero-order chi connectivity index (χ0) is 13.7. The van der Waals surface area contributed by atoms with Crippen LogP contribution in [-0.2, 0) is 0 Å². The van der Waals surface area contributed by atoms with Gasteiger partial charge in [0.25, 0.3) is 0 Å². The molecule has 19 heavy (non-hydrogen) atoms. The minimum absolute atomic E-state index is 0.573. The molecule has 0 spiro atoms. The topological polar surface area (TPSA) is 21.3 Å². The average Bonchev–Trinajstić information content (AvgIpc) is 2.85. The van der Waals surface area contributed by atoms with Crippen LogP contribution in [0.15, 0.2) is 24.3 Å². The molecule has 1 aliphatic rings. The summed E-state index contributed by atoms with van der Waals surface area (Å²) < 4.78 is 5.80. The van der Waals surface area contributed by atoms with Crippen LogP contribution in [0, 0.1) is 5.92 Å². The maximum absolute atomic E-state index is 5.80. The molecule has 1 aromatic carbocycles. The molecule has 2 atom stereocenters.